The van der Waals surface area contributed by atoms with Crippen LogP contribution in [0.1, 0.15) is 12.5 Å². The molecule has 3 aromatic rings. The molecule has 0 radical (unpaired) electrons. The topological polar surface area (TPSA) is 108 Å². The van der Waals surface area contributed by atoms with Crippen molar-refractivity contribution in [2.75, 3.05) is 5.32 Å². The first-order valence-electron chi connectivity index (χ1n) is 9.68. The van der Waals surface area contributed by atoms with Gasteiger partial charge in [0.2, 0.25) is 0 Å². The van der Waals surface area contributed by atoms with Crippen molar-refractivity contribution in [1.82, 2.24) is 0 Å². The summed E-state index contributed by atoms with van der Waals surface area (Å²) in [4.78, 5) is 34.6. The first-order chi connectivity index (χ1) is 15.4. The summed E-state index contributed by atoms with van der Waals surface area (Å²) in [6.07, 6.45) is 1.45. The summed E-state index contributed by atoms with van der Waals surface area (Å²) in [7, 11) is 0. The van der Waals surface area contributed by atoms with E-state index in [1.54, 1.807) is 30.3 Å². The average molecular weight is 432 g/mol. The van der Waals surface area contributed by atoms with Crippen LogP contribution in [0.5, 0.6) is 11.5 Å². The van der Waals surface area contributed by atoms with Gasteiger partial charge in [-0.1, -0.05) is 30.3 Å². The zero-order valence-electron chi connectivity index (χ0n) is 17.1. The highest BCUT2D eigenvalue weighted by Gasteiger charge is 2.17. The minimum absolute atomic E-state index is 0.0894. The SMILES string of the molecule is CC(OC(=O)/C=C/c1cccc([N+](=O)[O-])c1)C(=O)Nc1ccc(Oc2ccccc2)cc1. The van der Waals surface area contributed by atoms with Gasteiger partial charge in [0.1, 0.15) is 11.5 Å². The highest BCUT2D eigenvalue weighted by molar-refractivity contribution is 5.96. The molecule has 0 bridgehead atoms. The first-order valence-corrected chi connectivity index (χ1v) is 9.68. The van der Waals surface area contributed by atoms with Crippen LogP contribution in [0.25, 0.3) is 6.08 Å². The highest BCUT2D eigenvalue weighted by Crippen LogP contribution is 2.22. The van der Waals surface area contributed by atoms with Crippen LogP contribution < -0.4 is 10.1 Å². The molecule has 1 atom stereocenters. The fraction of sp³-hybridized carbons (Fsp3) is 0.0833. The monoisotopic (exact) mass is 432 g/mol. The quantitative estimate of drug-likeness (QED) is 0.233. The van der Waals surface area contributed by atoms with Gasteiger partial charge in [-0.25, -0.2) is 4.79 Å². The molecule has 0 aliphatic carbocycles. The van der Waals surface area contributed by atoms with E-state index in [4.69, 9.17) is 9.47 Å². The maximum Gasteiger partial charge on any atom is 0.331 e. The molecule has 0 fully saturated rings. The zero-order chi connectivity index (χ0) is 22.9. The van der Waals surface area contributed by atoms with E-state index in [1.165, 1.54) is 31.2 Å². The summed E-state index contributed by atoms with van der Waals surface area (Å²) in [5.74, 6) is 0.0625. The third-order valence-electron chi connectivity index (χ3n) is 4.26. The summed E-state index contributed by atoms with van der Waals surface area (Å²) in [5, 5.41) is 13.5. The normalized spacial score (nSPS) is 11.5. The van der Waals surface area contributed by atoms with Crippen molar-refractivity contribution >= 4 is 29.3 Å². The number of nitro groups is 1. The Morgan fingerprint density at radius 1 is 0.969 bits per heavy atom. The molecule has 8 heteroatoms. The molecule has 0 saturated heterocycles. The first kappa shape index (κ1) is 22.2. The van der Waals surface area contributed by atoms with E-state index in [0.717, 1.165) is 6.08 Å². The highest BCUT2D eigenvalue weighted by atomic mass is 16.6. The van der Waals surface area contributed by atoms with Gasteiger partial charge in [-0.2, -0.15) is 0 Å². The van der Waals surface area contributed by atoms with Crippen molar-refractivity contribution < 1.29 is 24.0 Å². The van der Waals surface area contributed by atoms with Gasteiger partial charge in [0, 0.05) is 23.9 Å². The van der Waals surface area contributed by atoms with E-state index in [1.807, 2.05) is 30.3 Å². The number of nitro benzene ring substituents is 1. The van der Waals surface area contributed by atoms with E-state index < -0.39 is 22.9 Å². The van der Waals surface area contributed by atoms with E-state index in [2.05, 4.69) is 5.32 Å². The molecule has 0 saturated carbocycles. The molecule has 0 aliphatic rings. The van der Waals surface area contributed by atoms with Crippen molar-refractivity contribution in [3.8, 4) is 11.5 Å². The van der Waals surface area contributed by atoms with Gasteiger partial charge in [0.25, 0.3) is 11.6 Å². The third-order valence-corrected chi connectivity index (χ3v) is 4.26. The van der Waals surface area contributed by atoms with Crippen LogP contribution in [0, 0.1) is 10.1 Å². The largest absolute Gasteiger partial charge is 0.457 e. The Bertz CT molecular complexity index is 1130. The van der Waals surface area contributed by atoms with Gasteiger partial charge in [-0.15, -0.1) is 0 Å². The number of hydrogen-bond acceptors (Lipinski definition) is 6. The number of anilines is 1. The van der Waals surface area contributed by atoms with Crippen LogP contribution in [0.3, 0.4) is 0 Å². The predicted octanol–water partition coefficient (Wildman–Crippen LogP) is 4.97. The number of carbonyl (C=O) groups excluding carboxylic acids is 2. The Kier molecular flexibility index (Phi) is 7.32. The Morgan fingerprint density at radius 2 is 1.66 bits per heavy atom. The second-order valence-electron chi connectivity index (χ2n) is 6.69. The zero-order valence-corrected chi connectivity index (χ0v) is 17.1. The van der Waals surface area contributed by atoms with Gasteiger partial charge >= 0.3 is 5.97 Å². The second kappa shape index (κ2) is 10.5. The van der Waals surface area contributed by atoms with Crippen molar-refractivity contribution in [3.05, 3.63) is 101 Å². The minimum Gasteiger partial charge on any atom is -0.457 e. The number of non-ortho nitro benzene ring substituents is 1. The van der Waals surface area contributed by atoms with Gasteiger partial charge in [0.05, 0.1) is 4.92 Å². The van der Waals surface area contributed by atoms with Crippen LogP contribution in [0.4, 0.5) is 11.4 Å². The van der Waals surface area contributed by atoms with Gasteiger partial charge < -0.3 is 14.8 Å². The summed E-state index contributed by atoms with van der Waals surface area (Å²) < 4.78 is 10.8. The summed E-state index contributed by atoms with van der Waals surface area (Å²) in [5.41, 5.74) is 0.893. The van der Waals surface area contributed by atoms with E-state index in [-0.39, 0.29) is 5.69 Å². The molecule has 3 aromatic carbocycles. The fourth-order valence-corrected chi connectivity index (χ4v) is 2.65. The molecular formula is C24H20N2O6. The molecule has 32 heavy (non-hydrogen) atoms. The van der Waals surface area contributed by atoms with Crippen molar-refractivity contribution in [2.24, 2.45) is 0 Å². The Hall–Kier alpha value is -4.46. The van der Waals surface area contributed by atoms with Crippen LogP contribution in [-0.2, 0) is 14.3 Å². The molecule has 1 amide bonds. The average Bonchev–Trinajstić information content (AvgIpc) is 2.80. The number of rotatable bonds is 8. The lowest BCUT2D eigenvalue weighted by molar-refractivity contribution is -0.384. The van der Waals surface area contributed by atoms with Crippen molar-refractivity contribution in [3.63, 3.8) is 0 Å². The fourth-order valence-electron chi connectivity index (χ4n) is 2.65. The lowest BCUT2D eigenvalue weighted by Crippen LogP contribution is -2.29. The van der Waals surface area contributed by atoms with Gasteiger partial charge in [-0.05, 0) is 55.0 Å². The predicted molar refractivity (Wildman–Crippen MR) is 119 cm³/mol. The van der Waals surface area contributed by atoms with E-state index in [9.17, 15) is 19.7 Å². The summed E-state index contributed by atoms with van der Waals surface area (Å²) in [6, 6.07) is 21.8. The number of para-hydroxylation sites is 1. The molecule has 0 heterocycles. The Morgan fingerprint density at radius 3 is 2.34 bits per heavy atom. The maximum atomic E-state index is 12.3. The van der Waals surface area contributed by atoms with Crippen LogP contribution in [0.2, 0.25) is 0 Å². The molecule has 0 aliphatic heterocycles. The van der Waals surface area contributed by atoms with Crippen molar-refractivity contribution in [1.29, 1.82) is 0 Å². The van der Waals surface area contributed by atoms with Gasteiger partial charge in [0.15, 0.2) is 6.10 Å². The number of hydrogen-bond donors (Lipinski definition) is 1. The molecule has 0 aromatic heterocycles. The molecule has 162 valence electrons. The number of esters is 1. The van der Waals surface area contributed by atoms with Gasteiger partial charge in [-0.3, -0.25) is 14.9 Å². The molecule has 3 rings (SSSR count). The standard InChI is InChI=1S/C24H20N2O6/c1-17(31-23(27)15-10-18-6-5-7-20(16-18)26(29)30)24(28)25-19-11-13-22(14-12-19)32-21-8-3-2-4-9-21/h2-17H,1H3,(H,25,28)/b15-10+. The molecule has 8 nitrogen and oxygen atoms in total. The van der Waals surface area contributed by atoms with E-state index in [0.29, 0.717) is 22.7 Å². The molecule has 1 unspecified atom stereocenters. The third kappa shape index (κ3) is 6.53. The minimum atomic E-state index is -1.04. The molecule has 0 spiro atoms. The van der Waals surface area contributed by atoms with Crippen LogP contribution in [-0.4, -0.2) is 22.9 Å². The Balaban J connectivity index is 1.51. The lowest BCUT2D eigenvalue weighted by Gasteiger charge is -2.13. The maximum absolute atomic E-state index is 12.3. The smallest absolute Gasteiger partial charge is 0.331 e. The van der Waals surface area contributed by atoms with E-state index >= 15 is 0 Å². The van der Waals surface area contributed by atoms with Crippen molar-refractivity contribution in [2.45, 2.75) is 13.0 Å². The number of ether oxygens (including phenoxy) is 2. The van der Waals surface area contributed by atoms with Crippen LogP contribution in [0.15, 0.2) is 84.9 Å². The Labute approximate surface area is 184 Å². The second-order valence-corrected chi connectivity index (χ2v) is 6.69. The lowest BCUT2D eigenvalue weighted by atomic mass is 10.2. The number of nitrogens with zero attached hydrogens (tertiary/aromatic N) is 1. The number of carbonyl (C=O) groups is 2. The summed E-state index contributed by atoms with van der Waals surface area (Å²) in [6.45, 7) is 1.45. The number of nitrogens with one attached hydrogen (secondary N) is 1. The summed E-state index contributed by atoms with van der Waals surface area (Å²) >= 11 is 0. The number of benzene rings is 3. The van der Waals surface area contributed by atoms with Crippen LogP contribution >= 0.6 is 0 Å². The molecular weight excluding hydrogens is 412 g/mol. The molecule has 1 N–H and O–H groups in total. The number of amides is 1.